The predicted octanol–water partition coefficient (Wildman–Crippen LogP) is 3.71. The van der Waals surface area contributed by atoms with Gasteiger partial charge in [-0.15, -0.1) is 0 Å². The molecule has 1 aromatic heterocycles. The Kier molecular flexibility index (Phi) is 5.02. The van der Waals surface area contributed by atoms with Crippen LogP contribution < -0.4 is 0 Å². The molecule has 1 saturated heterocycles. The van der Waals surface area contributed by atoms with E-state index in [1.165, 1.54) is 16.3 Å². The van der Waals surface area contributed by atoms with E-state index in [9.17, 15) is 4.79 Å². The molecule has 0 atom stereocenters. The van der Waals surface area contributed by atoms with Crippen molar-refractivity contribution in [2.75, 3.05) is 26.2 Å². The van der Waals surface area contributed by atoms with Gasteiger partial charge < -0.3 is 9.32 Å². The normalized spacial score (nSPS) is 15.5. The summed E-state index contributed by atoms with van der Waals surface area (Å²) >= 11 is 0. The Balaban J connectivity index is 1.31. The molecule has 4 nitrogen and oxygen atoms in total. The van der Waals surface area contributed by atoms with Crippen LogP contribution in [0, 0.1) is 0 Å². The molecule has 2 aromatic carbocycles. The van der Waals surface area contributed by atoms with Crippen molar-refractivity contribution in [2.45, 2.75) is 19.4 Å². The summed E-state index contributed by atoms with van der Waals surface area (Å²) in [6.07, 6.45) is 2.87. The maximum absolute atomic E-state index is 12.4. The molecule has 134 valence electrons. The smallest absolute Gasteiger partial charge is 0.223 e. The molecular weight excluding hydrogens is 324 g/mol. The first-order valence-electron chi connectivity index (χ1n) is 9.29. The van der Waals surface area contributed by atoms with Gasteiger partial charge in [0.1, 0.15) is 5.76 Å². The van der Waals surface area contributed by atoms with Crippen molar-refractivity contribution in [3.05, 3.63) is 72.2 Å². The number of nitrogens with zero attached hydrogens (tertiary/aromatic N) is 2. The lowest BCUT2D eigenvalue weighted by molar-refractivity contribution is -0.133. The van der Waals surface area contributed by atoms with Gasteiger partial charge in [0.05, 0.1) is 6.26 Å². The topological polar surface area (TPSA) is 36.7 Å². The Morgan fingerprint density at radius 2 is 1.73 bits per heavy atom. The highest BCUT2D eigenvalue weighted by molar-refractivity contribution is 5.85. The van der Waals surface area contributed by atoms with Gasteiger partial charge in [-0.25, -0.2) is 0 Å². The fraction of sp³-hybridized carbons (Fsp3) is 0.318. The van der Waals surface area contributed by atoms with Gasteiger partial charge in [-0.2, -0.15) is 0 Å². The minimum Gasteiger partial charge on any atom is -0.469 e. The summed E-state index contributed by atoms with van der Waals surface area (Å²) in [5, 5.41) is 2.61. The van der Waals surface area contributed by atoms with Crippen LogP contribution in [-0.2, 0) is 17.8 Å². The van der Waals surface area contributed by atoms with Gasteiger partial charge >= 0.3 is 0 Å². The van der Waals surface area contributed by atoms with E-state index in [1.807, 2.05) is 17.0 Å². The molecule has 26 heavy (non-hydrogen) atoms. The van der Waals surface area contributed by atoms with Crippen molar-refractivity contribution in [2.24, 2.45) is 0 Å². The van der Waals surface area contributed by atoms with Crippen molar-refractivity contribution in [3.63, 3.8) is 0 Å². The highest BCUT2D eigenvalue weighted by Gasteiger charge is 2.21. The van der Waals surface area contributed by atoms with Crippen LogP contribution in [0.3, 0.4) is 0 Å². The fourth-order valence-electron chi connectivity index (χ4n) is 3.67. The van der Waals surface area contributed by atoms with Gasteiger partial charge in [0.25, 0.3) is 0 Å². The van der Waals surface area contributed by atoms with Crippen molar-refractivity contribution in [3.8, 4) is 0 Å². The first-order valence-corrected chi connectivity index (χ1v) is 9.29. The van der Waals surface area contributed by atoms with Crippen molar-refractivity contribution in [1.82, 2.24) is 9.80 Å². The zero-order valence-corrected chi connectivity index (χ0v) is 14.9. The summed E-state index contributed by atoms with van der Waals surface area (Å²) in [4.78, 5) is 16.8. The molecule has 4 heteroatoms. The Bertz CT molecular complexity index is 859. The van der Waals surface area contributed by atoms with E-state index >= 15 is 0 Å². The van der Waals surface area contributed by atoms with E-state index in [-0.39, 0.29) is 5.91 Å². The van der Waals surface area contributed by atoms with Crippen LogP contribution in [0.1, 0.15) is 17.7 Å². The number of benzene rings is 2. The lowest BCUT2D eigenvalue weighted by Gasteiger charge is -2.35. The van der Waals surface area contributed by atoms with E-state index in [0.29, 0.717) is 12.8 Å². The number of hydrogen-bond acceptors (Lipinski definition) is 3. The fourth-order valence-corrected chi connectivity index (χ4v) is 3.67. The van der Waals surface area contributed by atoms with Gasteiger partial charge in [-0.1, -0.05) is 42.5 Å². The van der Waals surface area contributed by atoms with Crippen LogP contribution in [0.25, 0.3) is 10.8 Å². The third kappa shape index (κ3) is 3.81. The summed E-state index contributed by atoms with van der Waals surface area (Å²) in [5.41, 5.74) is 1.36. The van der Waals surface area contributed by atoms with E-state index < -0.39 is 0 Å². The van der Waals surface area contributed by atoms with E-state index in [2.05, 4.69) is 47.4 Å². The maximum Gasteiger partial charge on any atom is 0.223 e. The Morgan fingerprint density at radius 3 is 2.54 bits per heavy atom. The molecule has 0 unspecified atom stereocenters. The van der Waals surface area contributed by atoms with Crippen LogP contribution in [0.15, 0.2) is 65.3 Å². The first-order chi connectivity index (χ1) is 12.8. The predicted molar refractivity (Wildman–Crippen MR) is 103 cm³/mol. The number of aryl methyl sites for hydroxylation is 1. The van der Waals surface area contributed by atoms with Crippen molar-refractivity contribution in [1.29, 1.82) is 0 Å². The second kappa shape index (κ2) is 7.75. The first kappa shape index (κ1) is 16.9. The molecule has 1 amide bonds. The van der Waals surface area contributed by atoms with Crippen molar-refractivity contribution < 1.29 is 9.21 Å². The van der Waals surface area contributed by atoms with Gasteiger partial charge in [-0.3, -0.25) is 9.69 Å². The van der Waals surface area contributed by atoms with Crippen molar-refractivity contribution >= 4 is 16.7 Å². The van der Waals surface area contributed by atoms with E-state index in [0.717, 1.165) is 38.5 Å². The molecule has 0 radical (unpaired) electrons. The molecule has 4 rings (SSSR count). The van der Waals surface area contributed by atoms with Crippen LogP contribution in [-0.4, -0.2) is 41.9 Å². The number of amides is 1. The maximum atomic E-state index is 12.4. The van der Waals surface area contributed by atoms with Gasteiger partial charge in [0.2, 0.25) is 5.91 Å². The Hall–Kier alpha value is -2.59. The number of piperazine rings is 1. The second-order valence-electron chi connectivity index (χ2n) is 6.87. The average molecular weight is 348 g/mol. The minimum absolute atomic E-state index is 0.228. The molecule has 1 fully saturated rings. The number of fused-ring (bicyclic) bond motifs is 1. The van der Waals surface area contributed by atoms with Crippen LogP contribution >= 0.6 is 0 Å². The number of furan rings is 1. The third-order valence-corrected chi connectivity index (χ3v) is 5.16. The molecule has 1 aliphatic rings. The molecule has 0 bridgehead atoms. The zero-order valence-electron chi connectivity index (χ0n) is 14.9. The number of rotatable bonds is 5. The second-order valence-corrected chi connectivity index (χ2v) is 6.87. The molecule has 0 spiro atoms. The molecule has 3 aromatic rings. The standard InChI is InChI=1S/C22H24N2O2/c25-22(11-10-20-8-4-16-26-20)24-14-12-23(13-15-24)17-19-7-3-6-18-5-1-2-9-21(18)19/h1-9,16H,10-15,17H2. The highest BCUT2D eigenvalue weighted by Crippen LogP contribution is 2.20. The van der Waals surface area contributed by atoms with Gasteiger partial charge in [0, 0.05) is 45.6 Å². The summed E-state index contributed by atoms with van der Waals surface area (Å²) < 4.78 is 5.31. The summed E-state index contributed by atoms with van der Waals surface area (Å²) in [6, 6.07) is 18.8. The largest absolute Gasteiger partial charge is 0.469 e. The monoisotopic (exact) mass is 348 g/mol. The highest BCUT2D eigenvalue weighted by atomic mass is 16.3. The molecule has 0 aliphatic carbocycles. The molecular formula is C22H24N2O2. The lowest BCUT2D eigenvalue weighted by Crippen LogP contribution is -2.48. The van der Waals surface area contributed by atoms with E-state index in [1.54, 1.807) is 6.26 Å². The minimum atomic E-state index is 0.228. The van der Waals surface area contributed by atoms with Crippen LogP contribution in [0.2, 0.25) is 0 Å². The Morgan fingerprint density at radius 1 is 0.923 bits per heavy atom. The van der Waals surface area contributed by atoms with Crippen LogP contribution in [0.5, 0.6) is 0 Å². The number of hydrogen-bond donors (Lipinski definition) is 0. The SMILES string of the molecule is O=C(CCc1ccco1)N1CCN(Cc2cccc3ccccc23)CC1. The quantitative estimate of drug-likeness (QED) is 0.705. The van der Waals surface area contributed by atoms with Gasteiger partial charge in [-0.05, 0) is 28.5 Å². The molecule has 1 aliphatic heterocycles. The zero-order chi connectivity index (χ0) is 17.8. The number of carbonyl (C=O) groups is 1. The van der Waals surface area contributed by atoms with E-state index in [4.69, 9.17) is 4.42 Å². The lowest BCUT2D eigenvalue weighted by atomic mass is 10.0. The number of carbonyl (C=O) groups excluding carboxylic acids is 1. The van der Waals surface area contributed by atoms with Gasteiger partial charge in [0.15, 0.2) is 0 Å². The molecule has 0 N–H and O–H groups in total. The Labute approximate surface area is 154 Å². The molecule has 0 saturated carbocycles. The summed E-state index contributed by atoms with van der Waals surface area (Å²) in [7, 11) is 0. The summed E-state index contributed by atoms with van der Waals surface area (Å²) in [5.74, 6) is 1.11. The third-order valence-electron chi connectivity index (χ3n) is 5.16. The molecule has 2 heterocycles. The average Bonchev–Trinajstić information content (AvgIpc) is 3.21. The van der Waals surface area contributed by atoms with Crippen LogP contribution in [0.4, 0.5) is 0 Å². The summed E-state index contributed by atoms with van der Waals surface area (Å²) in [6.45, 7) is 4.41.